The van der Waals surface area contributed by atoms with Crippen LogP contribution in [0.3, 0.4) is 0 Å². The van der Waals surface area contributed by atoms with Crippen LogP contribution in [0.5, 0.6) is 0 Å². The minimum absolute atomic E-state index is 0.100. The van der Waals surface area contributed by atoms with E-state index in [4.69, 9.17) is 0 Å². The molecule has 3 saturated carbocycles. The monoisotopic (exact) mass is 308 g/mol. The molecule has 0 N–H and O–H groups in total. The Bertz CT molecular complexity index is 691. The molecule has 2 heteroatoms. The second-order valence-electron chi connectivity index (χ2n) is 8.02. The number of ketones is 2. The molecule has 120 valence electrons. The van der Waals surface area contributed by atoms with Gasteiger partial charge in [-0.3, -0.25) is 9.59 Å². The minimum atomic E-state index is -0.189. The summed E-state index contributed by atoms with van der Waals surface area (Å²) in [5.74, 6) is 2.13. The topological polar surface area (TPSA) is 34.1 Å². The lowest BCUT2D eigenvalue weighted by Crippen LogP contribution is -2.50. The van der Waals surface area contributed by atoms with Crippen LogP contribution >= 0.6 is 0 Å². The predicted molar refractivity (Wildman–Crippen MR) is 89.7 cm³/mol. The first kappa shape index (κ1) is 14.9. The van der Waals surface area contributed by atoms with Crippen molar-refractivity contribution < 1.29 is 9.59 Å². The Hall–Kier alpha value is -1.66. The highest BCUT2D eigenvalue weighted by Gasteiger charge is 2.59. The molecule has 4 rings (SSSR count). The summed E-state index contributed by atoms with van der Waals surface area (Å²) in [6.07, 6.45) is 13.6. The fourth-order valence-corrected chi connectivity index (χ4v) is 6.12. The van der Waals surface area contributed by atoms with Gasteiger partial charge in [-0.15, -0.1) is 5.73 Å². The number of hydrogen-bond donors (Lipinski definition) is 0. The smallest absolute Gasteiger partial charge is 0.178 e. The van der Waals surface area contributed by atoms with Gasteiger partial charge in [0.15, 0.2) is 5.78 Å². The zero-order valence-electron chi connectivity index (χ0n) is 13.8. The highest BCUT2D eigenvalue weighted by Crippen LogP contribution is 2.63. The Labute approximate surface area is 138 Å². The lowest BCUT2D eigenvalue weighted by molar-refractivity contribution is -0.131. The van der Waals surface area contributed by atoms with Crippen LogP contribution in [0.4, 0.5) is 0 Å². The predicted octanol–water partition coefficient (Wildman–Crippen LogP) is 4.18. The summed E-state index contributed by atoms with van der Waals surface area (Å²) < 4.78 is 0. The molecule has 0 bridgehead atoms. The second kappa shape index (κ2) is 4.92. The van der Waals surface area contributed by atoms with Gasteiger partial charge in [-0.1, -0.05) is 25.2 Å². The van der Waals surface area contributed by atoms with Crippen molar-refractivity contribution in [1.82, 2.24) is 0 Å². The van der Waals surface area contributed by atoms with E-state index in [1.165, 1.54) is 5.57 Å². The Morgan fingerprint density at radius 2 is 2.04 bits per heavy atom. The zero-order chi connectivity index (χ0) is 16.2. The van der Waals surface area contributed by atoms with Crippen LogP contribution in [0, 0.1) is 28.6 Å². The molecule has 0 spiro atoms. The second-order valence-corrected chi connectivity index (χ2v) is 8.02. The van der Waals surface area contributed by atoms with E-state index in [0.29, 0.717) is 23.5 Å². The van der Waals surface area contributed by atoms with Gasteiger partial charge in [-0.25, -0.2) is 0 Å². The van der Waals surface area contributed by atoms with Crippen LogP contribution in [0.1, 0.15) is 45.4 Å². The summed E-state index contributed by atoms with van der Waals surface area (Å²) in [5, 5.41) is 0. The standard InChI is InChI=1S/C21H24O2/c1-3-10-21-12-8-15(22)13-14(21)4-5-16-17-6-7-19(23)20(17,2)11-9-18(16)21/h8,10,12-13,16-18H,1,4-7,9,11H2,2H3/t16-,17-,18-,20-,21-/m0/s1. The summed E-state index contributed by atoms with van der Waals surface area (Å²) >= 11 is 0. The van der Waals surface area contributed by atoms with Crippen LogP contribution in [0.2, 0.25) is 0 Å². The molecular formula is C21H24O2. The molecule has 0 heterocycles. The highest BCUT2D eigenvalue weighted by molar-refractivity contribution is 6.01. The van der Waals surface area contributed by atoms with E-state index in [1.54, 1.807) is 6.08 Å². The van der Waals surface area contributed by atoms with Gasteiger partial charge in [0, 0.05) is 17.3 Å². The van der Waals surface area contributed by atoms with E-state index >= 15 is 0 Å². The van der Waals surface area contributed by atoms with Crippen LogP contribution in [0.25, 0.3) is 0 Å². The fourth-order valence-electron chi connectivity index (χ4n) is 6.12. The van der Waals surface area contributed by atoms with Gasteiger partial charge in [0.25, 0.3) is 0 Å². The van der Waals surface area contributed by atoms with Gasteiger partial charge < -0.3 is 0 Å². The van der Waals surface area contributed by atoms with Crippen LogP contribution < -0.4 is 0 Å². The third-order valence-electron chi connectivity index (χ3n) is 7.24. The lowest BCUT2D eigenvalue weighted by atomic mass is 9.48. The van der Waals surface area contributed by atoms with Crippen molar-refractivity contribution in [3.8, 4) is 0 Å². The Morgan fingerprint density at radius 1 is 1.22 bits per heavy atom. The first-order valence-electron chi connectivity index (χ1n) is 8.86. The highest BCUT2D eigenvalue weighted by atomic mass is 16.1. The Balaban J connectivity index is 1.79. The summed E-state index contributed by atoms with van der Waals surface area (Å²) in [6, 6.07) is 0. The third-order valence-corrected chi connectivity index (χ3v) is 7.24. The molecule has 0 radical (unpaired) electrons. The normalized spacial score (nSPS) is 44.7. The molecule has 0 aromatic carbocycles. The fraction of sp³-hybridized carbons (Fsp3) is 0.571. The van der Waals surface area contributed by atoms with E-state index in [2.05, 4.69) is 31.4 Å². The molecule has 23 heavy (non-hydrogen) atoms. The van der Waals surface area contributed by atoms with Crippen molar-refractivity contribution in [1.29, 1.82) is 0 Å². The van der Waals surface area contributed by atoms with E-state index < -0.39 is 0 Å². The number of Topliss-reactive ketones (excluding diaryl/α,β-unsaturated/α-hetero) is 1. The molecule has 0 unspecified atom stereocenters. The number of fused-ring (bicyclic) bond motifs is 5. The number of allylic oxidation sites excluding steroid dienone is 5. The lowest BCUT2D eigenvalue weighted by Gasteiger charge is -2.55. The quantitative estimate of drug-likeness (QED) is 0.681. The number of rotatable bonds is 1. The van der Waals surface area contributed by atoms with Crippen molar-refractivity contribution in [2.45, 2.75) is 45.4 Å². The molecule has 0 aromatic heterocycles. The maximum atomic E-state index is 12.4. The minimum Gasteiger partial charge on any atom is -0.299 e. The molecule has 5 atom stereocenters. The van der Waals surface area contributed by atoms with Crippen LogP contribution in [-0.4, -0.2) is 11.6 Å². The van der Waals surface area contributed by atoms with E-state index in [-0.39, 0.29) is 16.6 Å². The molecule has 4 aliphatic carbocycles. The van der Waals surface area contributed by atoms with Crippen molar-refractivity contribution in [3.63, 3.8) is 0 Å². The maximum absolute atomic E-state index is 12.4. The summed E-state index contributed by atoms with van der Waals surface area (Å²) in [7, 11) is 0. The first-order valence-corrected chi connectivity index (χ1v) is 8.86. The number of hydrogen-bond acceptors (Lipinski definition) is 2. The first-order chi connectivity index (χ1) is 11.0. The Morgan fingerprint density at radius 3 is 2.83 bits per heavy atom. The molecule has 0 saturated heterocycles. The third kappa shape index (κ3) is 1.88. The largest absolute Gasteiger partial charge is 0.299 e. The SMILES string of the molecule is C=C=C[C@]12C=CC(=O)C=C1CC[C@@H]1[C@@H]2CC[C@]2(C)C(=O)CC[C@@H]12. The van der Waals surface area contributed by atoms with Gasteiger partial charge in [0.2, 0.25) is 0 Å². The zero-order valence-corrected chi connectivity index (χ0v) is 13.8. The van der Waals surface area contributed by atoms with Crippen LogP contribution in [-0.2, 0) is 9.59 Å². The summed E-state index contributed by atoms with van der Waals surface area (Å²) in [6.45, 7) is 6.01. The molecule has 0 aliphatic heterocycles. The van der Waals surface area contributed by atoms with Crippen molar-refractivity contribution in [3.05, 3.63) is 42.2 Å². The van der Waals surface area contributed by atoms with E-state index in [1.807, 2.05) is 6.08 Å². The van der Waals surface area contributed by atoms with Crippen molar-refractivity contribution in [2.24, 2.45) is 28.6 Å². The summed E-state index contributed by atoms with van der Waals surface area (Å²) in [4.78, 5) is 24.3. The molecular weight excluding hydrogens is 284 g/mol. The van der Waals surface area contributed by atoms with Crippen LogP contribution in [0.15, 0.2) is 42.2 Å². The van der Waals surface area contributed by atoms with Gasteiger partial charge in [0.1, 0.15) is 5.78 Å². The number of carbonyl (C=O) groups is 2. The molecule has 3 fully saturated rings. The Kier molecular flexibility index (Phi) is 3.19. The average Bonchev–Trinajstić information content (AvgIpc) is 2.84. The molecule has 0 aromatic rings. The summed E-state index contributed by atoms with van der Waals surface area (Å²) in [5.41, 5.74) is 3.95. The van der Waals surface area contributed by atoms with Gasteiger partial charge >= 0.3 is 0 Å². The average molecular weight is 308 g/mol. The van der Waals surface area contributed by atoms with E-state index in [0.717, 1.165) is 38.5 Å². The molecule has 4 aliphatic rings. The van der Waals surface area contributed by atoms with Gasteiger partial charge in [-0.2, -0.15) is 0 Å². The van der Waals surface area contributed by atoms with Gasteiger partial charge in [0.05, 0.1) is 0 Å². The van der Waals surface area contributed by atoms with E-state index in [9.17, 15) is 9.59 Å². The number of carbonyl (C=O) groups excluding carboxylic acids is 2. The maximum Gasteiger partial charge on any atom is 0.178 e. The molecule has 0 amide bonds. The van der Waals surface area contributed by atoms with Gasteiger partial charge in [-0.05, 0) is 68.1 Å². The molecule has 2 nitrogen and oxygen atoms in total. The van der Waals surface area contributed by atoms with Crippen molar-refractivity contribution in [2.75, 3.05) is 0 Å². The van der Waals surface area contributed by atoms with Crippen molar-refractivity contribution >= 4 is 11.6 Å².